The molecule has 0 aromatic heterocycles. The van der Waals surface area contributed by atoms with Gasteiger partial charge in [-0.2, -0.15) is 94.1 Å². The quantitative estimate of drug-likeness (QED) is 0.0245. The van der Waals surface area contributed by atoms with E-state index in [1.165, 1.54) is 0 Å². The van der Waals surface area contributed by atoms with Crippen LogP contribution in [-0.4, -0.2) is 242 Å². The Kier molecular flexibility index (Phi) is 54.8. The molecule has 0 rings (SSSR count). The first-order chi connectivity index (χ1) is 35.1. The van der Waals surface area contributed by atoms with Gasteiger partial charge in [0, 0.05) is 182 Å². The molecule has 0 radical (unpaired) electrons. The predicted octanol–water partition coefficient (Wildman–Crippen LogP) is 1.89. The molecule has 16 N–H and O–H groups in total. The number of esters is 4. The second kappa shape index (κ2) is 54.6. The van der Waals surface area contributed by atoms with E-state index in [-0.39, 0.29) is 49.6 Å². The topological polar surface area (TPSA) is 320 Å². The Bertz CT molecular complexity index is 1110. The van der Waals surface area contributed by atoms with Gasteiger partial charge in [0.15, 0.2) is 0 Å². The molecule has 0 spiro atoms. The van der Waals surface area contributed by atoms with Gasteiger partial charge >= 0.3 is 23.9 Å². The number of carbonyl (C=O) groups excluding carboxylic acids is 4. The highest BCUT2D eigenvalue weighted by Gasteiger charge is 2.20. The van der Waals surface area contributed by atoms with Crippen molar-refractivity contribution in [3.8, 4) is 0 Å². The van der Waals surface area contributed by atoms with Crippen molar-refractivity contribution in [3.05, 3.63) is 0 Å². The van der Waals surface area contributed by atoms with E-state index in [2.05, 4.69) is 0 Å². The lowest BCUT2D eigenvalue weighted by Crippen LogP contribution is -2.39. The van der Waals surface area contributed by atoms with Crippen LogP contribution in [0.25, 0.3) is 0 Å². The molecule has 0 heterocycles. The van der Waals surface area contributed by atoms with Crippen molar-refractivity contribution in [3.63, 3.8) is 0 Å². The lowest BCUT2D eigenvalue weighted by atomic mass is 10.3. The lowest BCUT2D eigenvalue weighted by Gasteiger charge is -2.27. The molecule has 0 amide bonds. The molecule has 426 valence electrons. The highest BCUT2D eigenvalue weighted by Crippen LogP contribution is 2.23. The van der Waals surface area contributed by atoms with Crippen LogP contribution >= 0.6 is 94.1 Å². The Labute approximate surface area is 467 Å². The predicted molar refractivity (Wildman–Crippen MR) is 320 cm³/mol. The van der Waals surface area contributed by atoms with E-state index in [0.717, 1.165) is 69.0 Å². The van der Waals surface area contributed by atoms with E-state index >= 15 is 0 Å². The van der Waals surface area contributed by atoms with Gasteiger partial charge in [-0.3, -0.25) is 19.2 Å². The molecule has 72 heavy (non-hydrogen) atoms. The summed E-state index contributed by atoms with van der Waals surface area (Å²) in [5.41, 5.74) is 45.9. The van der Waals surface area contributed by atoms with Gasteiger partial charge in [0.05, 0.1) is 52.1 Å². The summed E-state index contributed by atoms with van der Waals surface area (Å²) >= 11 is 14.3. The van der Waals surface area contributed by atoms with Gasteiger partial charge < -0.3 is 74.6 Å². The van der Waals surface area contributed by atoms with Crippen molar-refractivity contribution in [1.82, 2.24) is 9.80 Å². The highest BCUT2D eigenvalue weighted by atomic mass is 32.2. The van der Waals surface area contributed by atoms with Gasteiger partial charge in [-0.05, 0) is 25.7 Å². The second-order valence-electron chi connectivity index (χ2n) is 16.3. The number of nitrogens with two attached hydrogens (primary N) is 8. The molecule has 0 aliphatic carbocycles. The van der Waals surface area contributed by atoms with Gasteiger partial charge in [0.2, 0.25) is 0 Å². The Morgan fingerprint density at radius 2 is 0.528 bits per heavy atom. The Morgan fingerprint density at radius 3 is 0.722 bits per heavy atom. The summed E-state index contributed by atoms with van der Waals surface area (Å²) in [5.74, 6) is 9.13. The molecular weight excluding hydrogens is 1080 g/mol. The maximum Gasteiger partial charge on any atom is 0.307 e. The smallest absolute Gasteiger partial charge is 0.307 e. The van der Waals surface area contributed by atoms with E-state index in [1.807, 2.05) is 9.80 Å². The number of hydrogen-bond acceptors (Lipinski definition) is 26. The zero-order chi connectivity index (χ0) is 53.1. The highest BCUT2D eigenvalue weighted by molar-refractivity contribution is 8.04. The van der Waals surface area contributed by atoms with Gasteiger partial charge in [0.1, 0.15) is 0 Å². The number of ether oxygens (including phenoxy) is 4. The third kappa shape index (κ3) is 46.4. The van der Waals surface area contributed by atoms with Crippen molar-refractivity contribution in [2.75, 3.05) is 187 Å². The standard InChI is InChI=1S/C46H96N10O8S8/c47-9-27-65-35-39(69-31-13-51)5-23-61-43(57)1-17-55(18-2-44(58)62-24-6-40(70-32-14-52)36-66-28-10-48)21-22-56(19-3-45(59)63-25-7-41(71-33-15-53)37-67-29-11-49)20-4-46(60)64-26-8-42(72-34-16-54)38-68-30-12-50/h39-42H,1-38,47-54H2. The van der Waals surface area contributed by atoms with E-state index in [4.69, 9.17) is 64.8 Å². The molecule has 0 aliphatic heterocycles. The Balaban J connectivity index is 5.96. The summed E-state index contributed by atoms with van der Waals surface area (Å²) in [5, 5.41) is 1.19. The van der Waals surface area contributed by atoms with Gasteiger partial charge in [-0.15, -0.1) is 0 Å². The summed E-state index contributed by atoms with van der Waals surface area (Å²) in [6.07, 6.45) is 3.35. The zero-order valence-electron chi connectivity index (χ0n) is 43.2. The maximum atomic E-state index is 13.2. The molecule has 0 saturated carbocycles. The minimum atomic E-state index is -0.320. The molecule has 4 unspecified atom stereocenters. The second-order valence-corrected chi connectivity index (χ2v) is 26.5. The molecular formula is C46H96N10O8S8. The first-order valence-corrected chi connectivity index (χ1v) is 34.4. The van der Waals surface area contributed by atoms with Gasteiger partial charge in [-0.1, -0.05) is 0 Å². The van der Waals surface area contributed by atoms with Crippen LogP contribution in [0.4, 0.5) is 0 Å². The normalized spacial score (nSPS) is 13.3. The number of carbonyl (C=O) groups is 4. The van der Waals surface area contributed by atoms with Crippen molar-refractivity contribution in [1.29, 1.82) is 0 Å². The minimum absolute atomic E-state index is 0.126. The Morgan fingerprint density at radius 1 is 0.319 bits per heavy atom. The molecule has 4 atom stereocenters. The maximum absolute atomic E-state index is 13.2. The van der Waals surface area contributed by atoms with Crippen LogP contribution in [0.1, 0.15) is 51.4 Å². The van der Waals surface area contributed by atoms with Crippen LogP contribution in [0, 0.1) is 0 Å². The SMILES string of the molecule is NCCSCC(CCOC(=O)CCN(CCC(=O)OCCC(CSCCN)SCCN)CCN(CCC(=O)OCCC(CSCCN)SCCN)CCC(=O)OCCC(CSCCN)SCCN)SCCN. The molecule has 26 heteroatoms. The third-order valence-corrected chi connectivity index (χ3v) is 21.1. The van der Waals surface area contributed by atoms with Crippen LogP contribution in [0.2, 0.25) is 0 Å². The fourth-order valence-electron chi connectivity index (χ4n) is 6.45. The van der Waals surface area contributed by atoms with Crippen LogP contribution in [0.15, 0.2) is 0 Å². The fourth-order valence-corrected chi connectivity index (χ4v) is 15.1. The number of thioether (sulfide) groups is 8. The monoisotopic (exact) mass is 1170 g/mol. The molecule has 0 fully saturated rings. The summed E-state index contributed by atoms with van der Waals surface area (Å²) in [4.78, 5) is 56.7. The van der Waals surface area contributed by atoms with Crippen LogP contribution < -0.4 is 45.9 Å². The summed E-state index contributed by atoms with van der Waals surface area (Å²) in [7, 11) is 0. The molecule has 0 saturated heterocycles. The van der Waals surface area contributed by atoms with Crippen molar-refractivity contribution in [2.45, 2.75) is 72.4 Å². The van der Waals surface area contributed by atoms with Crippen molar-refractivity contribution < 1.29 is 38.1 Å². The van der Waals surface area contributed by atoms with Crippen molar-refractivity contribution >= 4 is 118 Å². The zero-order valence-corrected chi connectivity index (χ0v) is 49.8. The van der Waals surface area contributed by atoms with Gasteiger partial charge in [0.25, 0.3) is 0 Å². The average Bonchev–Trinajstić information content (AvgIpc) is 3.37. The van der Waals surface area contributed by atoms with Crippen LogP contribution in [0.3, 0.4) is 0 Å². The average molecular weight is 1170 g/mol. The molecule has 0 aromatic carbocycles. The summed E-state index contributed by atoms with van der Waals surface area (Å²) in [6.45, 7) is 8.25. The molecule has 18 nitrogen and oxygen atoms in total. The van der Waals surface area contributed by atoms with Crippen LogP contribution in [0.5, 0.6) is 0 Å². The first-order valence-electron chi connectivity index (χ1n) is 25.5. The van der Waals surface area contributed by atoms with E-state index in [0.29, 0.717) is 165 Å². The molecule has 0 bridgehead atoms. The van der Waals surface area contributed by atoms with Crippen molar-refractivity contribution in [2.24, 2.45) is 45.9 Å². The lowest BCUT2D eigenvalue weighted by molar-refractivity contribution is -0.146. The van der Waals surface area contributed by atoms with Gasteiger partial charge in [-0.25, -0.2) is 0 Å². The number of hydrogen-bond donors (Lipinski definition) is 8. The summed E-state index contributed by atoms with van der Waals surface area (Å²) in [6, 6.07) is 0. The molecule has 0 aromatic rings. The number of nitrogens with zero attached hydrogens (tertiary/aromatic N) is 2. The fraction of sp³-hybridized carbons (Fsp3) is 0.913. The number of rotatable bonds is 55. The summed E-state index contributed by atoms with van der Waals surface area (Å²) < 4.78 is 22.9. The van der Waals surface area contributed by atoms with E-state index < -0.39 is 0 Å². The largest absolute Gasteiger partial charge is 0.466 e. The third-order valence-electron chi connectivity index (χ3n) is 10.2. The molecule has 0 aliphatic rings. The first kappa shape index (κ1) is 72.3. The Hall–Kier alpha value is 0.280. The van der Waals surface area contributed by atoms with E-state index in [9.17, 15) is 19.2 Å². The minimum Gasteiger partial charge on any atom is -0.466 e. The van der Waals surface area contributed by atoms with Crippen LogP contribution in [-0.2, 0) is 38.1 Å². The van der Waals surface area contributed by atoms with E-state index in [1.54, 1.807) is 94.1 Å².